The quantitative estimate of drug-likeness (QED) is 0.908. The SMILES string of the molecule is CCCC(C)(N)C(=O)Nc1ccc(Cl)c2ncccc12. The molecule has 3 N–H and O–H groups in total. The zero-order chi connectivity index (χ0) is 14.8. The second kappa shape index (κ2) is 5.77. The van der Waals surface area contributed by atoms with Crippen LogP contribution in [0.15, 0.2) is 30.5 Å². The molecule has 0 spiro atoms. The molecule has 1 aromatic carbocycles. The largest absolute Gasteiger partial charge is 0.324 e. The Balaban J connectivity index is 2.35. The summed E-state index contributed by atoms with van der Waals surface area (Å²) in [7, 11) is 0. The van der Waals surface area contributed by atoms with Gasteiger partial charge in [-0.2, -0.15) is 0 Å². The molecule has 2 aromatic rings. The van der Waals surface area contributed by atoms with Crippen LogP contribution >= 0.6 is 11.6 Å². The molecule has 1 heterocycles. The van der Waals surface area contributed by atoms with Gasteiger partial charge in [0.1, 0.15) is 0 Å². The minimum atomic E-state index is -0.886. The predicted molar refractivity (Wildman–Crippen MR) is 82.9 cm³/mol. The summed E-state index contributed by atoms with van der Waals surface area (Å²) in [5.74, 6) is -0.202. The van der Waals surface area contributed by atoms with Crippen LogP contribution in [-0.2, 0) is 4.79 Å². The van der Waals surface area contributed by atoms with Gasteiger partial charge in [0.05, 0.1) is 21.8 Å². The van der Waals surface area contributed by atoms with Crippen molar-refractivity contribution in [3.63, 3.8) is 0 Å². The van der Waals surface area contributed by atoms with Crippen LogP contribution < -0.4 is 11.1 Å². The van der Waals surface area contributed by atoms with E-state index in [9.17, 15) is 4.79 Å². The molecule has 5 heteroatoms. The molecule has 0 radical (unpaired) electrons. The van der Waals surface area contributed by atoms with Crippen LogP contribution in [0.1, 0.15) is 26.7 Å². The molecule has 0 saturated heterocycles. The van der Waals surface area contributed by atoms with Crippen molar-refractivity contribution in [1.29, 1.82) is 0 Å². The second-order valence-electron chi connectivity index (χ2n) is 5.12. The molecule has 106 valence electrons. The number of nitrogens with zero attached hydrogens (tertiary/aromatic N) is 1. The fourth-order valence-corrected chi connectivity index (χ4v) is 2.36. The molecule has 0 aliphatic heterocycles. The number of anilines is 1. The number of amides is 1. The lowest BCUT2D eigenvalue weighted by Crippen LogP contribution is -2.48. The Hall–Kier alpha value is -1.65. The zero-order valence-electron chi connectivity index (χ0n) is 11.6. The Bertz CT molecular complexity index is 640. The molecule has 0 bridgehead atoms. The number of hydrogen-bond donors (Lipinski definition) is 2. The average molecular weight is 292 g/mol. The van der Waals surface area contributed by atoms with E-state index in [2.05, 4.69) is 10.3 Å². The Kier molecular flexibility index (Phi) is 4.26. The summed E-state index contributed by atoms with van der Waals surface area (Å²) < 4.78 is 0. The Labute approximate surface area is 123 Å². The van der Waals surface area contributed by atoms with Crippen LogP contribution in [0.25, 0.3) is 10.9 Å². The summed E-state index contributed by atoms with van der Waals surface area (Å²) in [6, 6.07) is 7.17. The van der Waals surface area contributed by atoms with E-state index in [1.807, 2.05) is 19.1 Å². The number of carbonyl (C=O) groups is 1. The summed E-state index contributed by atoms with van der Waals surface area (Å²) in [4.78, 5) is 16.5. The normalized spacial score (nSPS) is 14.0. The lowest BCUT2D eigenvalue weighted by molar-refractivity contribution is -0.120. The van der Waals surface area contributed by atoms with E-state index in [1.165, 1.54) is 0 Å². The number of aromatic nitrogens is 1. The Morgan fingerprint density at radius 1 is 1.45 bits per heavy atom. The number of halogens is 1. The molecule has 1 unspecified atom stereocenters. The van der Waals surface area contributed by atoms with Gasteiger partial charge >= 0.3 is 0 Å². The lowest BCUT2D eigenvalue weighted by atomic mass is 9.96. The van der Waals surface area contributed by atoms with Crippen molar-refractivity contribution in [2.45, 2.75) is 32.2 Å². The van der Waals surface area contributed by atoms with E-state index < -0.39 is 5.54 Å². The third-order valence-electron chi connectivity index (χ3n) is 3.26. The third-order valence-corrected chi connectivity index (χ3v) is 3.56. The molecular weight excluding hydrogens is 274 g/mol. The van der Waals surface area contributed by atoms with Gasteiger partial charge in [0.15, 0.2) is 0 Å². The zero-order valence-corrected chi connectivity index (χ0v) is 12.4. The maximum Gasteiger partial charge on any atom is 0.244 e. The molecule has 4 nitrogen and oxygen atoms in total. The van der Waals surface area contributed by atoms with Gasteiger partial charge in [-0.25, -0.2) is 0 Å². The van der Waals surface area contributed by atoms with Gasteiger partial charge in [0.2, 0.25) is 5.91 Å². The monoisotopic (exact) mass is 291 g/mol. The molecule has 0 fully saturated rings. The summed E-state index contributed by atoms with van der Waals surface area (Å²) in [6.07, 6.45) is 3.15. The molecule has 1 atom stereocenters. The number of pyridine rings is 1. The van der Waals surface area contributed by atoms with E-state index in [0.717, 1.165) is 11.8 Å². The number of rotatable bonds is 4. The van der Waals surface area contributed by atoms with Crippen molar-refractivity contribution in [1.82, 2.24) is 4.98 Å². The van der Waals surface area contributed by atoms with Crippen LogP contribution in [-0.4, -0.2) is 16.4 Å². The van der Waals surface area contributed by atoms with Crippen molar-refractivity contribution in [2.24, 2.45) is 5.73 Å². The van der Waals surface area contributed by atoms with Crippen LogP contribution in [0.3, 0.4) is 0 Å². The number of hydrogen-bond acceptors (Lipinski definition) is 3. The molecule has 0 aliphatic carbocycles. The number of benzene rings is 1. The number of nitrogens with two attached hydrogens (primary N) is 1. The molecule has 20 heavy (non-hydrogen) atoms. The number of fused-ring (bicyclic) bond motifs is 1. The summed E-state index contributed by atoms with van der Waals surface area (Å²) in [5, 5.41) is 4.24. The fraction of sp³-hybridized carbons (Fsp3) is 0.333. The van der Waals surface area contributed by atoms with E-state index in [1.54, 1.807) is 25.3 Å². The van der Waals surface area contributed by atoms with Gasteiger partial charge in [-0.3, -0.25) is 9.78 Å². The van der Waals surface area contributed by atoms with Gasteiger partial charge in [-0.05, 0) is 37.6 Å². The first-order valence-corrected chi connectivity index (χ1v) is 6.97. The number of carbonyl (C=O) groups excluding carboxylic acids is 1. The van der Waals surface area contributed by atoms with Crippen LogP contribution in [0, 0.1) is 0 Å². The third kappa shape index (κ3) is 2.92. The first kappa shape index (κ1) is 14.8. The van der Waals surface area contributed by atoms with Gasteiger partial charge in [-0.15, -0.1) is 0 Å². The fourth-order valence-electron chi connectivity index (χ4n) is 2.15. The molecule has 2 rings (SSSR count). The first-order valence-electron chi connectivity index (χ1n) is 6.59. The van der Waals surface area contributed by atoms with Crippen molar-refractivity contribution in [2.75, 3.05) is 5.32 Å². The van der Waals surface area contributed by atoms with Gasteiger partial charge in [-0.1, -0.05) is 24.9 Å². The smallest absolute Gasteiger partial charge is 0.244 e. The highest BCUT2D eigenvalue weighted by Gasteiger charge is 2.27. The summed E-state index contributed by atoms with van der Waals surface area (Å²) in [5.41, 5.74) is 6.50. The Morgan fingerprint density at radius 2 is 2.20 bits per heavy atom. The molecule has 0 saturated carbocycles. The van der Waals surface area contributed by atoms with E-state index >= 15 is 0 Å². The molecule has 0 aliphatic rings. The van der Waals surface area contributed by atoms with Gasteiger partial charge in [0.25, 0.3) is 0 Å². The van der Waals surface area contributed by atoms with E-state index in [-0.39, 0.29) is 5.91 Å². The van der Waals surface area contributed by atoms with Crippen molar-refractivity contribution in [3.05, 3.63) is 35.5 Å². The van der Waals surface area contributed by atoms with E-state index in [0.29, 0.717) is 22.6 Å². The van der Waals surface area contributed by atoms with Crippen LogP contribution in [0.2, 0.25) is 5.02 Å². The van der Waals surface area contributed by atoms with Crippen LogP contribution in [0.4, 0.5) is 5.69 Å². The first-order chi connectivity index (χ1) is 9.45. The standard InChI is InChI=1S/C15H18ClN3O/c1-3-8-15(2,17)14(20)19-12-7-6-11(16)13-10(12)5-4-9-18-13/h4-7,9H,3,8,17H2,1-2H3,(H,19,20). The van der Waals surface area contributed by atoms with Crippen molar-refractivity contribution in [3.8, 4) is 0 Å². The molecule has 1 aromatic heterocycles. The minimum absolute atomic E-state index is 0.202. The van der Waals surface area contributed by atoms with Gasteiger partial charge < -0.3 is 11.1 Å². The summed E-state index contributed by atoms with van der Waals surface area (Å²) >= 11 is 6.11. The highest BCUT2D eigenvalue weighted by molar-refractivity contribution is 6.35. The second-order valence-corrected chi connectivity index (χ2v) is 5.52. The van der Waals surface area contributed by atoms with Crippen molar-refractivity contribution < 1.29 is 4.79 Å². The lowest BCUT2D eigenvalue weighted by Gasteiger charge is -2.23. The number of nitrogens with one attached hydrogen (secondary N) is 1. The summed E-state index contributed by atoms with van der Waals surface area (Å²) in [6.45, 7) is 3.74. The highest BCUT2D eigenvalue weighted by Crippen LogP contribution is 2.28. The van der Waals surface area contributed by atoms with Crippen molar-refractivity contribution >= 4 is 34.1 Å². The van der Waals surface area contributed by atoms with E-state index in [4.69, 9.17) is 17.3 Å². The van der Waals surface area contributed by atoms with Crippen LogP contribution in [0.5, 0.6) is 0 Å². The molecular formula is C15H18ClN3O. The van der Waals surface area contributed by atoms with Gasteiger partial charge in [0, 0.05) is 11.6 Å². The minimum Gasteiger partial charge on any atom is -0.324 e. The Morgan fingerprint density at radius 3 is 2.90 bits per heavy atom. The maximum atomic E-state index is 12.3. The highest BCUT2D eigenvalue weighted by atomic mass is 35.5. The predicted octanol–water partition coefficient (Wildman–Crippen LogP) is 3.34. The average Bonchev–Trinajstić information content (AvgIpc) is 2.42. The maximum absolute atomic E-state index is 12.3. The topological polar surface area (TPSA) is 68.0 Å². The molecule has 1 amide bonds.